The summed E-state index contributed by atoms with van der Waals surface area (Å²) in [6, 6.07) is 3.93. The highest BCUT2D eigenvalue weighted by molar-refractivity contribution is 5.83. The van der Waals surface area contributed by atoms with Gasteiger partial charge in [-0.1, -0.05) is 0 Å². The molecule has 3 heteroatoms. The molecule has 3 aliphatic rings. The van der Waals surface area contributed by atoms with E-state index in [1.807, 2.05) is 12.1 Å². The van der Waals surface area contributed by atoms with E-state index in [9.17, 15) is 9.90 Å². The Morgan fingerprint density at radius 2 is 1.76 bits per heavy atom. The number of rotatable bonds is 1. The number of hydrogen-bond donors (Lipinski definition) is 1. The van der Waals surface area contributed by atoms with Gasteiger partial charge in [-0.25, -0.2) is 0 Å². The fourth-order valence-electron chi connectivity index (χ4n) is 5.17. The van der Waals surface area contributed by atoms with E-state index < -0.39 is 0 Å². The van der Waals surface area contributed by atoms with Gasteiger partial charge in [0, 0.05) is 12.3 Å². The lowest BCUT2D eigenvalue weighted by Crippen LogP contribution is -2.35. The molecule has 2 fully saturated rings. The van der Waals surface area contributed by atoms with E-state index >= 15 is 0 Å². The minimum atomic E-state index is 0.249. The van der Waals surface area contributed by atoms with Crippen LogP contribution in [0.4, 0.5) is 0 Å². The quantitative estimate of drug-likeness (QED) is 0.860. The summed E-state index contributed by atoms with van der Waals surface area (Å²) in [5.41, 5.74) is 2.64. The molecule has 3 nitrogen and oxygen atoms in total. The van der Waals surface area contributed by atoms with Crippen LogP contribution < -0.4 is 4.74 Å². The molecule has 3 aliphatic carbocycles. The Kier molecular flexibility index (Phi) is 2.98. The van der Waals surface area contributed by atoms with Gasteiger partial charge in [-0.15, -0.1) is 0 Å². The van der Waals surface area contributed by atoms with Crippen LogP contribution in [0.25, 0.3) is 0 Å². The molecule has 0 bridgehead atoms. The van der Waals surface area contributed by atoms with Gasteiger partial charge in [-0.2, -0.15) is 0 Å². The highest BCUT2D eigenvalue weighted by Gasteiger charge is 2.47. The monoisotopic (exact) mass is 286 g/mol. The standard InChI is InChI=1S/C18H22O3/c1-21-18-9-15-10(8-17(18)20)2-3-11-12-6-7-16(19)14(12)5-4-13(11)15/h8-9,11-14,20H,2-7H2,1H3. The molecule has 0 aliphatic heterocycles. The van der Waals surface area contributed by atoms with E-state index in [-0.39, 0.29) is 5.75 Å². The van der Waals surface area contributed by atoms with E-state index in [2.05, 4.69) is 0 Å². The Labute approximate surface area is 125 Å². The highest BCUT2D eigenvalue weighted by Crippen LogP contribution is 2.55. The Morgan fingerprint density at radius 3 is 2.57 bits per heavy atom. The van der Waals surface area contributed by atoms with E-state index in [0.29, 0.717) is 35.2 Å². The summed E-state index contributed by atoms with van der Waals surface area (Å²) >= 11 is 0. The predicted molar refractivity (Wildman–Crippen MR) is 79.7 cm³/mol. The van der Waals surface area contributed by atoms with Crippen molar-refractivity contribution in [2.45, 2.75) is 44.4 Å². The highest BCUT2D eigenvalue weighted by atomic mass is 16.5. The summed E-state index contributed by atoms with van der Waals surface area (Å²) in [5.74, 6) is 3.48. The van der Waals surface area contributed by atoms with Gasteiger partial charge < -0.3 is 9.84 Å². The fourth-order valence-corrected chi connectivity index (χ4v) is 5.17. The number of carbonyl (C=O) groups excluding carboxylic acids is 1. The zero-order chi connectivity index (χ0) is 14.6. The molecule has 2 saturated carbocycles. The number of ether oxygens (including phenoxy) is 1. The van der Waals surface area contributed by atoms with Crippen molar-refractivity contribution in [3.8, 4) is 11.5 Å². The van der Waals surface area contributed by atoms with Crippen LogP contribution in [0.3, 0.4) is 0 Å². The van der Waals surface area contributed by atoms with Crippen LogP contribution in [0.5, 0.6) is 11.5 Å². The summed E-state index contributed by atoms with van der Waals surface area (Å²) in [6.45, 7) is 0. The zero-order valence-electron chi connectivity index (χ0n) is 12.5. The molecule has 0 heterocycles. The molecule has 21 heavy (non-hydrogen) atoms. The maximum atomic E-state index is 12.0. The third-order valence-corrected chi connectivity index (χ3v) is 6.10. The summed E-state index contributed by atoms with van der Waals surface area (Å²) in [7, 11) is 1.61. The number of carbonyl (C=O) groups is 1. The van der Waals surface area contributed by atoms with Crippen molar-refractivity contribution in [3.05, 3.63) is 23.3 Å². The molecule has 112 valence electrons. The Hall–Kier alpha value is -1.51. The molecule has 0 aromatic heterocycles. The van der Waals surface area contributed by atoms with Gasteiger partial charge in [0.15, 0.2) is 11.5 Å². The Bertz CT molecular complexity index is 592. The largest absolute Gasteiger partial charge is 0.504 e. The van der Waals surface area contributed by atoms with Gasteiger partial charge in [0.25, 0.3) is 0 Å². The number of methoxy groups -OCH3 is 1. The minimum Gasteiger partial charge on any atom is -0.504 e. The van der Waals surface area contributed by atoms with Crippen LogP contribution >= 0.6 is 0 Å². The van der Waals surface area contributed by atoms with Gasteiger partial charge in [-0.05, 0) is 73.1 Å². The second kappa shape index (κ2) is 4.75. The SMILES string of the molecule is COc1cc2c(cc1O)CCC1C2CCC2C(=O)CCC21. The molecule has 1 aromatic rings. The lowest BCUT2D eigenvalue weighted by Gasteiger charge is -2.43. The lowest BCUT2D eigenvalue weighted by molar-refractivity contribution is -0.122. The molecule has 4 atom stereocenters. The maximum absolute atomic E-state index is 12.0. The number of hydrogen-bond acceptors (Lipinski definition) is 3. The van der Waals surface area contributed by atoms with E-state index in [4.69, 9.17) is 4.74 Å². The van der Waals surface area contributed by atoms with Crippen molar-refractivity contribution in [2.24, 2.45) is 17.8 Å². The molecule has 4 rings (SSSR count). The molecular weight excluding hydrogens is 264 g/mol. The Balaban J connectivity index is 1.72. The number of Topliss-reactive ketones (excluding diaryl/α,β-unsaturated/α-hetero) is 1. The van der Waals surface area contributed by atoms with Crippen LogP contribution in [0, 0.1) is 17.8 Å². The smallest absolute Gasteiger partial charge is 0.160 e. The number of ketones is 1. The number of aryl methyl sites for hydroxylation is 1. The lowest BCUT2D eigenvalue weighted by atomic mass is 9.61. The van der Waals surface area contributed by atoms with Crippen LogP contribution in [0.1, 0.15) is 49.1 Å². The normalized spacial score (nSPS) is 34.0. The third kappa shape index (κ3) is 1.90. The average Bonchev–Trinajstić information content (AvgIpc) is 2.88. The van der Waals surface area contributed by atoms with Gasteiger partial charge in [-0.3, -0.25) is 4.79 Å². The average molecular weight is 286 g/mol. The molecule has 1 aromatic carbocycles. The maximum Gasteiger partial charge on any atom is 0.160 e. The first kappa shape index (κ1) is 13.2. The van der Waals surface area contributed by atoms with Crippen molar-refractivity contribution in [1.29, 1.82) is 0 Å². The van der Waals surface area contributed by atoms with Gasteiger partial charge in [0.2, 0.25) is 0 Å². The number of benzene rings is 1. The van der Waals surface area contributed by atoms with E-state index in [0.717, 1.165) is 38.5 Å². The van der Waals surface area contributed by atoms with E-state index in [1.54, 1.807) is 7.11 Å². The van der Waals surface area contributed by atoms with Gasteiger partial charge in [0.05, 0.1) is 7.11 Å². The topological polar surface area (TPSA) is 46.5 Å². The van der Waals surface area contributed by atoms with Crippen LogP contribution in [0.15, 0.2) is 12.1 Å². The number of phenols is 1. The first-order chi connectivity index (χ1) is 10.2. The summed E-state index contributed by atoms with van der Waals surface area (Å²) in [5, 5.41) is 9.98. The molecule has 0 spiro atoms. The van der Waals surface area contributed by atoms with Crippen molar-refractivity contribution < 1.29 is 14.6 Å². The van der Waals surface area contributed by atoms with Crippen LogP contribution in [0.2, 0.25) is 0 Å². The number of fused-ring (bicyclic) bond motifs is 5. The number of phenolic OH excluding ortho intramolecular Hbond substituents is 1. The molecule has 1 N–H and O–H groups in total. The molecular formula is C18H22O3. The van der Waals surface area contributed by atoms with Gasteiger partial charge in [0.1, 0.15) is 5.78 Å². The molecule has 0 radical (unpaired) electrons. The fraction of sp³-hybridized carbons (Fsp3) is 0.611. The summed E-state index contributed by atoms with van der Waals surface area (Å²) < 4.78 is 5.29. The first-order valence-corrected chi connectivity index (χ1v) is 8.11. The zero-order valence-corrected chi connectivity index (χ0v) is 12.5. The van der Waals surface area contributed by atoms with Crippen LogP contribution in [-0.2, 0) is 11.2 Å². The second-order valence-electron chi connectivity index (χ2n) is 6.88. The molecule has 0 saturated heterocycles. The molecule has 4 unspecified atom stereocenters. The third-order valence-electron chi connectivity index (χ3n) is 6.10. The van der Waals surface area contributed by atoms with Crippen molar-refractivity contribution >= 4 is 5.78 Å². The summed E-state index contributed by atoms with van der Waals surface area (Å²) in [6.07, 6.45) is 6.23. The van der Waals surface area contributed by atoms with Crippen LogP contribution in [-0.4, -0.2) is 18.0 Å². The predicted octanol–water partition coefficient (Wildman–Crippen LogP) is 3.44. The minimum absolute atomic E-state index is 0.249. The Morgan fingerprint density at radius 1 is 1.05 bits per heavy atom. The van der Waals surface area contributed by atoms with Gasteiger partial charge >= 0.3 is 0 Å². The van der Waals surface area contributed by atoms with Crippen molar-refractivity contribution in [3.63, 3.8) is 0 Å². The van der Waals surface area contributed by atoms with E-state index in [1.165, 1.54) is 11.1 Å². The molecule has 0 amide bonds. The first-order valence-electron chi connectivity index (χ1n) is 8.11. The second-order valence-corrected chi connectivity index (χ2v) is 6.88. The van der Waals surface area contributed by atoms with Crippen molar-refractivity contribution in [1.82, 2.24) is 0 Å². The summed E-state index contributed by atoms with van der Waals surface area (Å²) in [4.78, 5) is 12.0. The number of aromatic hydroxyl groups is 1. The van der Waals surface area contributed by atoms with Crippen molar-refractivity contribution in [2.75, 3.05) is 7.11 Å².